The molecule has 0 saturated heterocycles. The van der Waals surface area contributed by atoms with Crippen molar-refractivity contribution in [2.45, 2.75) is 0 Å². The zero-order valence-corrected chi connectivity index (χ0v) is 31.0. The Labute approximate surface area is 332 Å². The SMILES string of the molecule is c1ccc(-c2nc(-c3ccccc3)nc(-c3ccc(-c4ccc5c(c4)c4c6ccccc6ccc4n5-c4nc5ccccc5c5nc6ccccc6n45)cc3)n2)cc1. The number of para-hydroxylation sites is 3. The van der Waals surface area contributed by atoms with Gasteiger partial charge in [0.25, 0.3) is 0 Å². The molecule has 0 bridgehead atoms. The maximum absolute atomic E-state index is 5.39. The fraction of sp³-hybridized carbons (Fsp3) is 0. The van der Waals surface area contributed by atoms with Crippen molar-refractivity contribution in [2.75, 3.05) is 0 Å². The largest absolute Gasteiger partial charge is 0.279 e. The van der Waals surface area contributed by atoms with Gasteiger partial charge in [0.1, 0.15) is 5.65 Å². The minimum absolute atomic E-state index is 0.630. The third-order valence-corrected chi connectivity index (χ3v) is 11.2. The highest BCUT2D eigenvalue weighted by Crippen LogP contribution is 2.40. The average molecular weight is 742 g/mol. The summed E-state index contributed by atoms with van der Waals surface area (Å²) in [5, 5.41) is 5.74. The van der Waals surface area contributed by atoms with E-state index in [0.717, 1.165) is 77.8 Å². The van der Waals surface area contributed by atoms with Gasteiger partial charge in [0.2, 0.25) is 5.95 Å². The van der Waals surface area contributed by atoms with Gasteiger partial charge in [-0.2, -0.15) is 0 Å². The molecule has 0 aliphatic heterocycles. The summed E-state index contributed by atoms with van der Waals surface area (Å²) in [5.41, 5.74) is 10.9. The summed E-state index contributed by atoms with van der Waals surface area (Å²) >= 11 is 0. The van der Waals surface area contributed by atoms with Crippen molar-refractivity contribution in [1.82, 2.24) is 33.9 Å². The highest BCUT2D eigenvalue weighted by atomic mass is 15.2. The van der Waals surface area contributed by atoms with Crippen LogP contribution >= 0.6 is 0 Å². The molecule has 270 valence electrons. The fourth-order valence-corrected chi connectivity index (χ4v) is 8.41. The number of benzene rings is 8. The number of rotatable bonds is 5. The third-order valence-electron chi connectivity index (χ3n) is 11.2. The van der Waals surface area contributed by atoms with Crippen molar-refractivity contribution >= 4 is 60.2 Å². The van der Waals surface area contributed by atoms with Gasteiger partial charge in [0.05, 0.1) is 27.6 Å². The zero-order valence-electron chi connectivity index (χ0n) is 31.0. The first-order valence-electron chi connectivity index (χ1n) is 19.4. The summed E-state index contributed by atoms with van der Waals surface area (Å²) in [7, 11) is 0. The molecule has 7 heteroatoms. The van der Waals surface area contributed by atoms with Crippen LogP contribution in [0.1, 0.15) is 0 Å². The first-order valence-corrected chi connectivity index (χ1v) is 19.4. The van der Waals surface area contributed by atoms with Gasteiger partial charge in [-0.05, 0) is 64.4 Å². The van der Waals surface area contributed by atoms with Crippen LogP contribution in [0.25, 0.3) is 111 Å². The van der Waals surface area contributed by atoms with E-state index in [9.17, 15) is 0 Å². The summed E-state index contributed by atoms with van der Waals surface area (Å²) in [6, 6.07) is 65.1. The molecule has 0 radical (unpaired) electrons. The van der Waals surface area contributed by atoms with Gasteiger partial charge in [-0.25, -0.2) is 24.9 Å². The fourth-order valence-electron chi connectivity index (χ4n) is 8.41. The Hall–Kier alpha value is -8.03. The molecule has 7 nitrogen and oxygen atoms in total. The monoisotopic (exact) mass is 741 g/mol. The molecule has 0 N–H and O–H groups in total. The van der Waals surface area contributed by atoms with Gasteiger partial charge in [-0.1, -0.05) is 146 Å². The normalized spacial score (nSPS) is 11.8. The van der Waals surface area contributed by atoms with Crippen LogP contribution in [0.2, 0.25) is 0 Å². The van der Waals surface area contributed by atoms with Gasteiger partial charge >= 0.3 is 0 Å². The number of hydrogen-bond donors (Lipinski definition) is 0. The smallest absolute Gasteiger partial charge is 0.221 e. The van der Waals surface area contributed by atoms with Crippen molar-refractivity contribution in [3.63, 3.8) is 0 Å². The summed E-state index contributed by atoms with van der Waals surface area (Å²) in [6.07, 6.45) is 0. The van der Waals surface area contributed by atoms with E-state index in [4.69, 9.17) is 24.9 Å². The van der Waals surface area contributed by atoms with Crippen LogP contribution in [0.3, 0.4) is 0 Å². The van der Waals surface area contributed by atoms with E-state index in [2.05, 4.69) is 124 Å². The number of imidazole rings is 1. The van der Waals surface area contributed by atoms with Crippen LogP contribution < -0.4 is 0 Å². The lowest BCUT2D eigenvalue weighted by atomic mass is 9.99. The quantitative estimate of drug-likeness (QED) is 0.176. The molecule has 0 spiro atoms. The molecule has 0 saturated carbocycles. The number of aromatic nitrogens is 7. The molecular weight excluding hydrogens is 711 g/mol. The highest BCUT2D eigenvalue weighted by molar-refractivity contribution is 6.22. The summed E-state index contributed by atoms with van der Waals surface area (Å²) in [5.74, 6) is 2.72. The molecular formula is C51H31N7. The van der Waals surface area contributed by atoms with Crippen molar-refractivity contribution in [3.05, 3.63) is 188 Å². The third kappa shape index (κ3) is 5.04. The van der Waals surface area contributed by atoms with Crippen LogP contribution in [-0.2, 0) is 0 Å². The maximum atomic E-state index is 5.39. The highest BCUT2D eigenvalue weighted by Gasteiger charge is 2.22. The second-order valence-corrected chi connectivity index (χ2v) is 14.6. The van der Waals surface area contributed by atoms with E-state index in [1.54, 1.807) is 0 Å². The second kappa shape index (κ2) is 12.8. The van der Waals surface area contributed by atoms with E-state index in [0.29, 0.717) is 17.5 Å². The molecule has 4 heterocycles. The van der Waals surface area contributed by atoms with Crippen molar-refractivity contribution < 1.29 is 0 Å². The Morgan fingerprint density at radius 1 is 0.328 bits per heavy atom. The molecule has 58 heavy (non-hydrogen) atoms. The molecule has 8 aromatic carbocycles. The molecule has 12 rings (SSSR count). The van der Waals surface area contributed by atoms with Gasteiger partial charge in [0, 0.05) is 32.8 Å². The van der Waals surface area contributed by atoms with Crippen LogP contribution in [0.5, 0.6) is 0 Å². The lowest BCUT2D eigenvalue weighted by Gasteiger charge is -2.13. The Bertz CT molecular complexity index is 3500. The standard InChI is InChI=1S/C51H31N7/c1-3-14-34(15-4-1)47-54-48(35-16-5-2-6-17-35)56-49(55-47)36-25-23-32(24-26-36)37-28-29-43-40(31-37)46-38-18-8-7-13-33(38)27-30-45(46)57(43)51-53-41-20-10-9-19-39(41)50-52-42-21-11-12-22-44(42)58(50)51/h1-31H. The molecule has 0 fully saturated rings. The zero-order chi connectivity index (χ0) is 38.2. The van der Waals surface area contributed by atoms with Crippen molar-refractivity contribution in [1.29, 1.82) is 0 Å². The lowest BCUT2D eigenvalue weighted by molar-refractivity contribution is 0.980. The Balaban J connectivity index is 1.05. The van der Waals surface area contributed by atoms with E-state index in [1.165, 1.54) is 16.2 Å². The number of hydrogen-bond acceptors (Lipinski definition) is 5. The maximum Gasteiger partial charge on any atom is 0.221 e. The Morgan fingerprint density at radius 2 is 0.879 bits per heavy atom. The predicted octanol–water partition coefficient (Wildman–Crippen LogP) is 12.1. The van der Waals surface area contributed by atoms with E-state index in [-0.39, 0.29) is 0 Å². The van der Waals surface area contributed by atoms with Gasteiger partial charge in [0.15, 0.2) is 17.5 Å². The molecule has 0 aliphatic carbocycles. The number of nitrogens with zero attached hydrogens (tertiary/aromatic N) is 7. The Morgan fingerprint density at radius 3 is 1.60 bits per heavy atom. The summed E-state index contributed by atoms with van der Waals surface area (Å²) < 4.78 is 4.53. The summed E-state index contributed by atoms with van der Waals surface area (Å²) in [6.45, 7) is 0. The van der Waals surface area contributed by atoms with Crippen molar-refractivity contribution in [2.24, 2.45) is 0 Å². The van der Waals surface area contributed by atoms with E-state index in [1.807, 2.05) is 72.8 Å². The molecule has 0 amide bonds. The van der Waals surface area contributed by atoms with Crippen molar-refractivity contribution in [3.8, 4) is 51.2 Å². The van der Waals surface area contributed by atoms with Gasteiger partial charge < -0.3 is 0 Å². The van der Waals surface area contributed by atoms with Crippen LogP contribution in [0.4, 0.5) is 0 Å². The van der Waals surface area contributed by atoms with Crippen LogP contribution in [0.15, 0.2) is 188 Å². The van der Waals surface area contributed by atoms with E-state index >= 15 is 0 Å². The molecule has 0 unspecified atom stereocenters. The van der Waals surface area contributed by atoms with Gasteiger partial charge in [-0.15, -0.1) is 0 Å². The first kappa shape index (κ1) is 32.2. The molecule has 4 aromatic heterocycles. The molecule has 0 atom stereocenters. The number of fused-ring (bicyclic) bond motifs is 10. The van der Waals surface area contributed by atoms with Crippen LogP contribution in [0, 0.1) is 0 Å². The molecule has 0 aliphatic rings. The predicted molar refractivity (Wildman–Crippen MR) is 235 cm³/mol. The summed E-state index contributed by atoms with van der Waals surface area (Å²) in [4.78, 5) is 25.3. The lowest BCUT2D eigenvalue weighted by Crippen LogP contribution is -2.06. The minimum Gasteiger partial charge on any atom is -0.279 e. The second-order valence-electron chi connectivity index (χ2n) is 14.6. The minimum atomic E-state index is 0.630. The van der Waals surface area contributed by atoms with Crippen LogP contribution in [-0.4, -0.2) is 33.9 Å². The average Bonchev–Trinajstić information content (AvgIpc) is 3.86. The van der Waals surface area contributed by atoms with E-state index < -0.39 is 0 Å². The first-order chi connectivity index (χ1) is 28.7. The molecule has 12 aromatic rings. The Kier molecular flexibility index (Phi) is 7.09. The topological polar surface area (TPSA) is 73.8 Å². The van der Waals surface area contributed by atoms with Gasteiger partial charge in [-0.3, -0.25) is 8.97 Å².